The summed E-state index contributed by atoms with van der Waals surface area (Å²) in [5.74, 6) is 0.799. The van der Waals surface area contributed by atoms with Gasteiger partial charge < -0.3 is 4.74 Å². The summed E-state index contributed by atoms with van der Waals surface area (Å²) in [7, 11) is 1.63. The van der Waals surface area contributed by atoms with Gasteiger partial charge in [0.25, 0.3) is 5.56 Å². The molecule has 0 unspecified atom stereocenters. The highest BCUT2D eigenvalue weighted by atomic mass is 16.5. The van der Waals surface area contributed by atoms with E-state index in [4.69, 9.17) is 4.74 Å². The van der Waals surface area contributed by atoms with Crippen LogP contribution in [0.1, 0.15) is 11.1 Å². The third-order valence-electron chi connectivity index (χ3n) is 2.89. The molecule has 0 bridgehead atoms. The zero-order valence-corrected chi connectivity index (χ0v) is 10.1. The van der Waals surface area contributed by atoms with Gasteiger partial charge in [-0.05, 0) is 43.7 Å². The van der Waals surface area contributed by atoms with Gasteiger partial charge in [0.1, 0.15) is 5.75 Å². The van der Waals surface area contributed by atoms with Gasteiger partial charge >= 0.3 is 0 Å². The van der Waals surface area contributed by atoms with E-state index >= 15 is 0 Å². The minimum atomic E-state index is -0.139. The van der Waals surface area contributed by atoms with Crippen molar-refractivity contribution in [2.24, 2.45) is 0 Å². The average Bonchev–Trinajstić information content (AvgIpc) is 2.36. The molecule has 0 saturated carbocycles. The first-order chi connectivity index (χ1) is 8.13. The minimum Gasteiger partial charge on any atom is -0.497 e. The van der Waals surface area contributed by atoms with Gasteiger partial charge in [-0.2, -0.15) is 5.10 Å². The Bertz CT molecular complexity index is 585. The lowest BCUT2D eigenvalue weighted by molar-refractivity contribution is 0.415. The van der Waals surface area contributed by atoms with E-state index in [-0.39, 0.29) is 5.56 Å². The smallest absolute Gasteiger partial charge is 0.267 e. The minimum absolute atomic E-state index is 0.139. The summed E-state index contributed by atoms with van der Waals surface area (Å²) in [6.07, 6.45) is 0. The molecule has 2 aromatic rings. The number of nitrogens with zero attached hydrogens (tertiary/aromatic N) is 1. The summed E-state index contributed by atoms with van der Waals surface area (Å²) in [6, 6.07) is 7.59. The Morgan fingerprint density at radius 2 is 1.76 bits per heavy atom. The topological polar surface area (TPSA) is 55.0 Å². The Hall–Kier alpha value is -2.10. The highest BCUT2D eigenvalue weighted by Crippen LogP contribution is 2.23. The Morgan fingerprint density at radius 3 is 2.35 bits per heavy atom. The molecule has 2 rings (SSSR count). The molecule has 1 aromatic carbocycles. The number of aromatic nitrogens is 2. The maximum absolute atomic E-state index is 11.4. The number of rotatable bonds is 2. The van der Waals surface area contributed by atoms with Gasteiger partial charge in [-0.25, -0.2) is 5.10 Å². The van der Waals surface area contributed by atoms with Crippen LogP contribution < -0.4 is 10.3 Å². The molecule has 0 aliphatic rings. The van der Waals surface area contributed by atoms with Crippen LogP contribution >= 0.6 is 0 Å². The first-order valence-electron chi connectivity index (χ1n) is 5.34. The molecule has 0 spiro atoms. The molecule has 0 atom stereocenters. The molecule has 0 fully saturated rings. The fraction of sp³-hybridized carbons (Fsp3) is 0.231. The number of methoxy groups -OCH3 is 1. The van der Waals surface area contributed by atoms with E-state index in [1.807, 2.05) is 31.2 Å². The van der Waals surface area contributed by atoms with E-state index in [0.717, 1.165) is 22.6 Å². The van der Waals surface area contributed by atoms with Crippen molar-refractivity contribution in [3.8, 4) is 17.0 Å². The molecule has 1 aromatic heterocycles. The van der Waals surface area contributed by atoms with E-state index in [0.29, 0.717) is 5.56 Å². The Balaban J connectivity index is 2.53. The summed E-state index contributed by atoms with van der Waals surface area (Å²) in [4.78, 5) is 11.4. The van der Waals surface area contributed by atoms with Crippen molar-refractivity contribution in [3.05, 3.63) is 45.7 Å². The van der Waals surface area contributed by atoms with Crippen molar-refractivity contribution < 1.29 is 4.74 Å². The summed E-state index contributed by atoms with van der Waals surface area (Å²) in [5, 5.41) is 6.59. The molecule has 0 aliphatic heterocycles. The Morgan fingerprint density at radius 1 is 1.12 bits per heavy atom. The number of H-pyrrole nitrogens is 1. The number of hydrogen-bond acceptors (Lipinski definition) is 3. The largest absolute Gasteiger partial charge is 0.497 e. The predicted molar refractivity (Wildman–Crippen MR) is 66.3 cm³/mol. The van der Waals surface area contributed by atoms with Gasteiger partial charge in [0.2, 0.25) is 0 Å². The van der Waals surface area contributed by atoms with Crippen LogP contribution in [-0.2, 0) is 0 Å². The average molecular weight is 230 g/mol. The molecule has 0 amide bonds. The number of aromatic amines is 1. The number of hydrogen-bond donors (Lipinski definition) is 1. The van der Waals surface area contributed by atoms with Gasteiger partial charge in [-0.15, -0.1) is 0 Å². The van der Waals surface area contributed by atoms with Crippen molar-refractivity contribution in [2.75, 3.05) is 7.11 Å². The van der Waals surface area contributed by atoms with E-state index in [1.165, 1.54) is 0 Å². The van der Waals surface area contributed by atoms with Crippen molar-refractivity contribution in [1.82, 2.24) is 10.2 Å². The quantitative estimate of drug-likeness (QED) is 0.859. The van der Waals surface area contributed by atoms with Crippen LogP contribution in [0.25, 0.3) is 11.3 Å². The SMILES string of the molecule is COc1ccc(-c2n[nH]c(=O)c(C)c2C)cc1. The first kappa shape index (κ1) is 11.4. The van der Waals surface area contributed by atoms with Gasteiger partial charge in [0.05, 0.1) is 12.8 Å². The second-order valence-corrected chi connectivity index (χ2v) is 3.88. The van der Waals surface area contributed by atoms with Gasteiger partial charge in [0.15, 0.2) is 0 Å². The monoisotopic (exact) mass is 230 g/mol. The first-order valence-corrected chi connectivity index (χ1v) is 5.34. The highest BCUT2D eigenvalue weighted by molar-refractivity contribution is 5.64. The number of benzene rings is 1. The van der Waals surface area contributed by atoms with Crippen LogP contribution in [0, 0.1) is 13.8 Å². The van der Waals surface area contributed by atoms with Crippen LogP contribution in [0.5, 0.6) is 5.75 Å². The lowest BCUT2D eigenvalue weighted by Crippen LogP contribution is -2.14. The van der Waals surface area contributed by atoms with Crippen molar-refractivity contribution >= 4 is 0 Å². The van der Waals surface area contributed by atoms with Gasteiger partial charge in [-0.3, -0.25) is 4.79 Å². The van der Waals surface area contributed by atoms with Crippen LogP contribution in [0.15, 0.2) is 29.1 Å². The molecular formula is C13H14N2O2. The molecule has 0 saturated heterocycles. The van der Waals surface area contributed by atoms with Crippen LogP contribution in [-0.4, -0.2) is 17.3 Å². The predicted octanol–water partition coefficient (Wildman–Crippen LogP) is 2.06. The summed E-state index contributed by atoms with van der Waals surface area (Å²) in [6.45, 7) is 3.69. The molecule has 4 heteroatoms. The Labute approximate surface area is 99.3 Å². The molecule has 1 heterocycles. The molecule has 17 heavy (non-hydrogen) atoms. The fourth-order valence-corrected chi connectivity index (χ4v) is 1.65. The highest BCUT2D eigenvalue weighted by Gasteiger charge is 2.08. The molecule has 1 N–H and O–H groups in total. The van der Waals surface area contributed by atoms with E-state index < -0.39 is 0 Å². The molecular weight excluding hydrogens is 216 g/mol. The van der Waals surface area contributed by atoms with Crippen molar-refractivity contribution in [1.29, 1.82) is 0 Å². The van der Waals surface area contributed by atoms with Crippen LogP contribution in [0.3, 0.4) is 0 Å². The molecule has 88 valence electrons. The van der Waals surface area contributed by atoms with Gasteiger partial charge in [-0.1, -0.05) is 0 Å². The standard InChI is InChI=1S/C13H14N2O2/c1-8-9(2)13(16)15-14-12(8)10-4-6-11(17-3)7-5-10/h4-7H,1-3H3,(H,15,16). The molecule has 4 nitrogen and oxygen atoms in total. The van der Waals surface area contributed by atoms with E-state index in [1.54, 1.807) is 14.0 Å². The summed E-state index contributed by atoms with van der Waals surface area (Å²) in [5.41, 5.74) is 3.22. The van der Waals surface area contributed by atoms with E-state index in [2.05, 4.69) is 10.2 Å². The maximum atomic E-state index is 11.4. The lowest BCUT2D eigenvalue weighted by atomic mass is 10.0. The van der Waals surface area contributed by atoms with Crippen LogP contribution in [0.4, 0.5) is 0 Å². The zero-order chi connectivity index (χ0) is 12.4. The van der Waals surface area contributed by atoms with Crippen LogP contribution in [0.2, 0.25) is 0 Å². The molecule has 0 radical (unpaired) electrons. The van der Waals surface area contributed by atoms with Crippen molar-refractivity contribution in [2.45, 2.75) is 13.8 Å². The number of nitrogens with one attached hydrogen (secondary N) is 1. The van der Waals surface area contributed by atoms with Gasteiger partial charge in [0, 0.05) is 11.1 Å². The third-order valence-corrected chi connectivity index (χ3v) is 2.89. The second-order valence-electron chi connectivity index (χ2n) is 3.88. The number of ether oxygens (including phenoxy) is 1. The Kier molecular flexibility index (Phi) is 2.95. The maximum Gasteiger partial charge on any atom is 0.267 e. The molecule has 0 aliphatic carbocycles. The third kappa shape index (κ3) is 2.06. The summed E-state index contributed by atoms with van der Waals surface area (Å²) < 4.78 is 5.10. The fourth-order valence-electron chi connectivity index (χ4n) is 1.65. The normalized spacial score (nSPS) is 10.3. The zero-order valence-electron chi connectivity index (χ0n) is 10.1. The van der Waals surface area contributed by atoms with Crippen molar-refractivity contribution in [3.63, 3.8) is 0 Å². The lowest BCUT2D eigenvalue weighted by Gasteiger charge is -2.07. The second kappa shape index (κ2) is 4.41. The summed E-state index contributed by atoms with van der Waals surface area (Å²) >= 11 is 0. The van der Waals surface area contributed by atoms with E-state index in [9.17, 15) is 4.79 Å².